The van der Waals surface area contributed by atoms with Gasteiger partial charge in [-0.1, -0.05) is 40.5 Å². The first-order chi connectivity index (χ1) is 12.9. The lowest BCUT2D eigenvalue weighted by atomic mass is 10.1. The minimum Gasteiger partial charge on any atom is -0.372 e. The van der Waals surface area contributed by atoms with E-state index >= 15 is 0 Å². The second kappa shape index (κ2) is 9.84. The van der Waals surface area contributed by atoms with Crippen LogP contribution in [0, 0.1) is 6.92 Å². The molecule has 0 saturated carbocycles. The molecule has 2 aromatic heterocycles. The van der Waals surface area contributed by atoms with Crippen LogP contribution in [0.2, 0.25) is 10.0 Å². The Morgan fingerprint density at radius 1 is 1.22 bits per heavy atom. The quantitative estimate of drug-likeness (QED) is 0.645. The zero-order valence-electron chi connectivity index (χ0n) is 14.4. The third kappa shape index (κ3) is 5.90. The van der Waals surface area contributed by atoms with E-state index in [9.17, 15) is 4.79 Å². The lowest BCUT2D eigenvalue weighted by Crippen LogP contribution is -2.22. The van der Waals surface area contributed by atoms with E-state index in [1.54, 1.807) is 6.92 Å². The van der Waals surface area contributed by atoms with Crippen LogP contribution in [0.1, 0.15) is 23.0 Å². The van der Waals surface area contributed by atoms with Crippen LogP contribution < -0.4 is 11.3 Å². The third-order valence-corrected chi connectivity index (χ3v) is 4.21. The SMILES string of the molecule is Cc1ncn(Cc2nc(CCc3ccc(Cl)cc3)no2)c(=O)c1Cl.NC=O. The van der Waals surface area contributed by atoms with E-state index in [1.165, 1.54) is 10.9 Å². The average Bonchev–Trinajstić information content (AvgIpc) is 3.10. The number of nitrogens with two attached hydrogens (primary N) is 1. The summed E-state index contributed by atoms with van der Waals surface area (Å²) < 4.78 is 6.53. The van der Waals surface area contributed by atoms with Crippen molar-refractivity contribution in [1.29, 1.82) is 0 Å². The van der Waals surface area contributed by atoms with Crippen LogP contribution in [0.5, 0.6) is 0 Å². The molecule has 0 unspecified atom stereocenters. The molecular weight excluding hydrogens is 393 g/mol. The molecule has 1 amide bonds. The number of carbonyl (C=O) groups excluding carboxylic acids is 1. The zero-order chi connectivity index (χ0) is 19.8. The van der Waals surface area contributed by atoms with Crippen molar-refractivity contribution in [2.24, 2.45) is 5.73 Å². The van der Waals surface area contributed by atoms with Crippen molar-refractivity contribution in [3.8, 4) is 0 Å². The molecule has 2 heterocycles. The zero-order valence-corrected chi connectivity index (χ0v) is 15.9. The maximum Gasteiger partial charge on any atom is 0.272 e. The second-order valence-corrected chi connectivity index (χ2v) is 6.26. The van der Waals surface area contributed by atoms with Crippen LogP contribution in [0.3, 0.4) is 0 Å². The van der Waals surface area contributed by atoms with Crippen LogP contribution in [0.15, 0.2) is 39.9 Å². The lowest BCUT2D eigenvalue weighted by molar-refractivity contribution is -0.106. The number of carbonyl (C=O) groups is 1. The molecule has 0 saturated heterocycles. The number of hydrogen-bond donors (Lipinski definition) is 1. The molecule has 3 aromatic rings. The van der Waals surface area contributed by atoms with Crippen LogP contribution in [0.4, 0.5) is 0 Å². The van der Waals surface area contributed by atoms with Crippen molar-refractivity contribution in [1.82, 2.24) is 19.7 Å². The van der Waals surface area contributed by atoms with Gasteiger partial charge in [0.25, 0.3) is 5.56 Å². The Kier molecular flexibility index (Phi) is 7.51. The summed E-state index contributed by atoms with van der Waals surface area (Å²) >= 11 is 11.8. The third-order valence-electron chi connectivity index (χ3n) is 3.52. The molecule has 0 spiro atoms. The maximum atomic E-state index is 12.0. The van der Waals surface area contributed by atoms with Crippen molar-refractivity contribution >= 4 is 29.6 Å². The van der Waals surface area contributed by atoms with E-state index in [1.807, 2.05) is 24.3 Å². The largest absolute Gasteiger partial charge is 0.372 e. The van der Waals surface area contributed by atoms with Gasteiger partial charge < -0.3 is 10.3 Å². The number of nitrogens with zero attached hydrogens (tertiary/aromatic N) is 4. The summed E-state index contributed by atoms with van der Waals surface area (Å²) in [5, 5.41) is 4.74. The summed E-state index contributed by atoms with van der Waals surface area (Å²) in [4.78, 5) is 29.0. The highest BCUT2D eigenvalue weighted by atomic mass is 35.5. The Balaban J connectivity index is 0.000000817. The van der Waals surface area contributed by atoms with Gasteiger partial charge in [-0.3, -0.25) is 14.2 Å². The number of aromatic nitrogens is 4. The van der Waals surface area contributed by atoms with Gasteiger partial charge in [-0.2, -0.15) is 4.98 Å². The highest BCUT2D eigenvalue weighted by Gasteiger charge is 2.11. The first-order valence-electron chi connectivity index (χ1n) is 7.87. The molecule has 0 atom stereocenters. The van der Waals surface area contributed by atoms with Gasteiger partial charge >= 0.3 is 0 Å². The Bertz CT molecular complexity index is 954. The van der Waals surface area contributed by atoms with E-state index in [0.717, 1.165) is 12.0 Å². The number of amides is 1. The monoisotopic (exact) mass is 409 g/mol. The molecule has 0 aliphatic heterocycles. The number of primary amides is 1. The topological polar surface area (TPSA) is 117 Å². The summed E-state index contributed by atoms with van der Waals surface area (Å²) in [5.74, 6) is 0.920. The van der Waals surface area contributed by atoms with Crippen molar-refractivity contribution in [3.63, 3.8) is 0 Å². The minimum atomic E-state index is -0.329. The fourth-order valence-corrected chi connectivity index (χ4v) is 2.45. The molecule has 0 radical (unpaired) electrons. The van der Waals surface area contributed by atoms with Gasteiger partial charge in [0.1, 0.15) is 11.6 Å². The minimum absolute atomic E-state index is 0.0972. The van der Waals surface area contributed by atoms with Crippen molar-refractivity contribution in [2.75, 3.05) is 0 Å². The standard InChI is InChI=1S/C16H14Cl2N4O2.CH3NO/c1-10-15(18)16(23)22(9-19-10)8-14-20-13(21-24-14)7-4-11-2-5-12(17)6-3-11;2-1-3/h2-3,5-6,9H,4,7-8H2,1H3;1H,(H2,2,3). The van der Waals surface area contributed by atoms with Gasteiger partial charge in [-0.15, -0.1) is 0 Å². The van der Waals surface area contributed by atoms with Gasteiger partial charge in [0.15, 0.2) is 5.82 Å². The smallest absolute Gasteiger partial charge is 0.272 e. The van der Waals surface area contributed by atoms with E-state index in [4.69, 9.17) is 32.5 Å². The molecular formula is C17H17Cl2N5O3. The molecule has 3 rings (SSSR count). The predicted molar refractivity (Wildman–Crippen MR) is 101 cm³/mol. The molecule has 27 heavy (non-hydrogen) atoms. The first-order valence-corrected chi connectivity index (χ1v) is 8.63. The number of benzene rings is 1. The number of halogens is 2. The molecule has 142 valence electrons. The summed E-state index contributed by atoms with van der Waals surface area (Å²) in [6, 6.07) is 7.61. The second-order valence-electron chi connectivity index (χ2n) is 5.44. The Hall–Kier alpha value is -2.71. The highest BCUT2D eigenvalue weighted by molar-refractivity contribution is 6.31. The molecule has 10 heteroatoms. The van der Waals surface area contributed by atoms with Gasteiger partial charge in [-0.25, -0.2) is 4.98 Å². The van der Waals surface area contributed by atoms with E-state index in [0.29, 0.717) is 28.9 Å². The number of rotatable bonds is 5. The number of hydrogen-bond acceptors (Lipinski definition) is 6. The summed E-state index contributed by atoms with van der Waals surface area (Å²) in [6.07, 6.45) is 3.07. The Labute approximate surface area is 164 Å². The van der Waals surface area contributed by atoms with E-state index in [2.05, 4.69) is 20.9 Å². The highest BCUT2D eigenvalue weighted by Crippen LogP contribution is 2.12. The molecule has 2 N–H and O–H groups in total. The van der Waals surface area contributed by atoms with Crippen LogP contribution in [-0.2, 0) is 24.2 Å². The van der Waals surface area contributed by atoms with Gasteiger partial charge in [0.2, 0.25) is 12.3 Å². The normalized spacial score (nSPS) is 10.2. The van der Waals surface area contributed by atoms with Crippen LogP contribution in [0.25, 0.3) is 0 Å². The van der Waals surface area contributed by atoms with E-state index < -0.39 is 0 Å². The van der Waals surface area contributed by atoms with Crippen molar-refractivity contribution in [3.05, 3.63) is 74.0 Å². The van der Waals surface area contributed by atoms with Gasteiger partial charge in [0, 0.05) is 11.4 Å². The Morgan fingerprint density at radius 2 is 1.89 bits per heavy atom. The molecule has 8 nitrogen and oxygen atoms in total. The fraction of sp³-hybridized carbons (Fsp3) is 0.235. The molecule has 1 aromatic carbocycles. The van der Waals surface area contributed by atoms with Crippen LogP contribution >= 0.6 is 23.2 Å². The summed E-state index contributed by atoms with van der Waals surface area (Å²) in [5.41, 5.74) is 5.47. The molecule has 0 aliphatic carbocycles. The Morgan fingerprint density at radius 3 is 2.56 bits per heavy atom. The van der Waals surface area contributed by atoms with Crippen molar-refractivity contribution < 1.29 is 9.32 Å². The molecule has 0 bridgehead atoms. The van der Waals surface area contributed by atoms with Crippen LogP contribution in [-0.4, -0.2) is 26.1 Å². The lowest BCUT2D eigenvalue weighted by Gasteiger charge is -2.03. The first kappa shape index (κ1) is 20.6. The van der Waals surface area contributed by atoms with Gasteiger partial charge in [0.05, 0.1) is 12.0 Å². The fourth-order valence-electron chi connectivity index (χ4n) is 2.17. The van der Waals surface area contributed by atoms with E-state index in [-0.39, 0.29) is 23.5 Å². The summed E-state index contributed by atoms with van der Waals surface area (Å²) in [7, 11) is 0. The molecule has 0 fully saturated rings. The predicted octanol–water partition coefficient (Wildman–Crippen LogP) is 2.18. The molecule has 0 aliphatic rings. The van der Waals surface area contributed by atoms with Gasteiger partial charge in [-0.05, 0) is 31.0 Å². The summed E-state index contributed by atoms with van der Waals surface area (Å²) in [6.45, 7) is 1.81. The average molecular weight is 410 g/mol. The maximum absolute atomic E-state index is 12.0. The van der Waals surface area contributed by atoms with Crippen molar-refractivity contribution in [2.45, 2.75) is 26.3 Å². The number of aryl methyl sites for hydroxylation is 3.